The molecule has 1 amide bonds. The smallest absolute Gasteiger partial charge is 0.276 e. The van der Waals surface area contributed by atoms with Gasteiger partial charge in [0, 0.05) is 23.8 Å². The van der Waals surface area contributed by atoms with Gasteiger partial charge in [0.15, 0.2) is 16.6 Å². The fourth-order valence-electron chi connectivity index (χ4n) is 2.25. The van der Waals surface area contributed by atoms with Crippen molar-refractivity contribution in [1.82, 2.24) is 19.7 Å². The van der Waals surface area contributed by atoms with Gasteiger partial charge >= 0.3 is 0 Å². The van der Waals surface area contributed by atoms with Crippen LogP contribution in [0.4, 0.5) is 5.82 Å². The van der Waals surface area contributed by atoms with Gasteiger partial charge in [0.1, 0.15) is 5.69 Å². The molecule has 0 radical (unpaired) electrons. The van der Waals surface area contributed by atoms with Crippen LogP contribution >= 0.6 is 11.3 Å². The van der Waals surface area contributed by atoms with E-state index in [4.69, 9.17) is 4.42 Å². The quantitative estimate of drug-likeness (QED) is 0.596. The van der Waals surface area contributed by atoms with Gasteiger partial charge < -0.3 is 9.73 Å². The molecule has 0 unspecified atom stereocenters. The van der Waals surface area contributed by atoms with Crippen LogP contribution in [0.2, 0.25) is 0 Å². The number of amides is 1. The maximum atomic E-state index is 12.3. The van der Waals surface area contributed by atoms with Crippen LogP contribution in [0.5, 0.6) is 0 Å². The number of furan rings is 1. The predicted molar refractivity (Wildman–Crippen MR) is 93.3 cm³/mol. The van der Waals surface area contributed by atoms with Crippen molar-refractivity contribution in [1.29, 1.82) is 0 Å². The van der Waals surface area contributed by atoms with E-state index in [1.807, 2.05) is 18.2 Å². The molecule has 4 aromatic heterocycles. The van der Waals surface area contributed by atoms with Crippen LogP contribution in [0.1, 0.15) is 16.2 Å². The van der Waals surface area contributed by atoms with E-state index in [0.29, 0.717) is 28.8 Å². The lowest BCUT2D eigenvalue weighted by Crippen LogP contribution is -2.13. The van der Waals surface area contributed by atoms with Gasteiger partial charge in [0.25, 0.3) is 5.91 Å². The van der Waals surface area contributed by atoms with Crippen molar-refractivity contribution in [3.8, 4) is 10.8 Å². The Bertz CT molecular complexity index is 976. The maximum Gasteiger partial charge on any atom is 0.276 e. The number of hydrogen-bond donors (Lipinski definition) is 1. The minimum Gasteiger partial charge on any atom is -0.462 e. The van der Waals surface area contributed by atoms with Crippen molar-refractivity contribution in [3.05, 3.63) is 71.8 Å². The number of nitrogens with zero attached hydrogens (tertiary/aromatic N) is 4. The Kier molecular flexibility index (Phi) is 4.09. The van der Waals surface area contributed by atoms with Crippen LogP contribution in [-0.4, -0.2) is 25.7 Å². The molecular formula is C17H13N5O2S. The summed E-state index contributed by atoms with van der Waals surface area (Å²) in [5, 5.41) is 9.43. The molecule has 0 fully saturated rings. The molecule has 0 atom stereocenters. The Morgan fingerprint density at radius 1 is 1.24 bits per heavy atom. The van der Waals surface area contributed by atoms with Gasteiger partial charge in [0.2, 0.25) is 0 Å². The molecule has 25 heavy (non-hydrogen) atoms. The van der Waals surface area contributed by atoms with E-state index in [1.165, 1.54) is 11.3 Å². The molecule has 4 rings (SSSR count). The fourth-order valence-corrected chi connectivity index (χ4v) is 3.01. The van der Waals surface area contributed by atoms with Crippen molar-refractivity contribution in [2.45, 2.75) is 6.54 Å². The summed E-state index contributed by atoms with van der Waals surface area (Å²) in [5.74, 6) is 0.800. The molecule has 0 bridgehead atoms. The molecule has 0 spiro atoms. The van der Waals surface area contributed by atoms with E-state index in [9.17, 15) is 4.79 Å². The summed E-state index contributed by atoms with van der Waals surface area (Å²) >= 11 is 1.35. The summed E-state index contributed by atoms with van der Waals surface area (Å²) < 4.78 is 7.00. The van der Waals surface area contributed by atoms with Crippen molar-refractivity contribution in [2.24, 2.45) is 0 Å². The SMILES string of the molecule is O=C(Nc1ccn(Cc2ccccn2)n1)c1csc(-c2ccco2)n1. The van der Waals surface area contributed by atoms with Gasteiger partial charge in [-0.15, -0.1) is 11.3 Å². The van der Waals surface area contributed by atoms with Gasteiger partial charge in [0.05, 0.1) is 18.5 Å². The Morgan fingerprint density at radius 3 is 3.00 bits per heavy atom. The molecule has 8 heteroatoms. The molecule has 0 aliphatic heterocycles. The van der Waals surface area contributed by atoms with Gasteiger partial charge in [-0.2, -0.15) is 5.10 Å². The topological polar surface area (TPSA) is 85.8 Å². The van der Waals surface area contributed by atoms with Gasteiger partial charge in [-0.05, 0) is 24.3 Å². The van der Waals surface area contributed by atoms with Crippen molar-refractivity contribution >= 4 is 23.1 Å². The third-order valence-electron chi connectivity index (χ3n) is 3.40. The maximum absolute atomic E-state index is 12.3. The highest BCUT2D eigenvalue weighted by Gasteiger charge is 2.14. The first kappa shape index (κ1) is 15.3. The van der Waals surface area contributed by atoms with Crippen LogP contribution in [0.25, 0.3) is 10.8 Å². The molecule has 4 heterocycles. The Morgan fingerprint density at radius 2 is 2.20 bits per heavy atom. The second-order valence-corrected chi connectivity index (χ2v) is 6.05. The number of nitrogens with one attached hydrogen (secondary N) is 1. The third kappa shape index (κ3) is 3.48. The van der Waals surface area contributed by atoms with Crippen LogP contribution in [0.3, 0.4) is 0 Å². The summed E-state index contributed by atoms with van der Waals surface area (Å²) in [6.07, 6.45) is 5.10. The van der Waals surface area contributed by atoms with Crippen molar-refractivity contribution in [3.63, 3.8) is 0 Å². The van der Waals surface area contributed by atoms with Gasteiger partial charge in [-0.25, -0.2) is 4.98 Å². The number of thiazole rings is 1. The first-order valence-corrected chi connectivity index (χ1v) is 8.40. The summed E-state index contributed by atoms with van der Waals surface area (Å²) in [4.78, 5) is 20.9. The van der Waals surface area contributed by atoms with E-state index in [1.54, 1.807) is 46.9 Å². The number of pyridine rings is 1. The third-order valence-corrected chi connectivity index (χ3v) is 4.26. The fraction of sp³-hybridized carbons (Fsp3) is 0.0588. The molecule has 0 aromatic carbocycles. The summed E-state index contributed by atoms with van der Waals surface area (Å²) in [6, 6.07) is 11.0. The van der Waals surface area contributed by atoms with E-state index >= 15 is 0 Å². The van der Waals surface area contributed by atoms with Gasteiger partial charge in [-0.3, -0.25) is 14.5 Å². The predicted octanol–water partition coefficient (Wildman–Crippen LogP) is 3.30. The highest BCUT2D eigenvalue weighted by Crippen LogP contribution is 2.24. The zero-order chi connectivity index (χ0) is 17.1. The Balaban J connectivity index is 1.43. The number of carbonyl (C=O) groups is 1. The molecule has 1 N–H and O–H groups in total. The van der Waals surface area contributed by atoms with Gasteiger partial charge in [-0.1, -0.05) is 6.07 Å². The second kappa shape index (κ2) is 6.70. The first-order chi connectivity index (χ1) is 12.3. The highest BCUT2D eigenvalue weighted by molar-refractivity contribution is 7.13. The lowest BCUT2D eigenvalue weighted by atomic mass is 10.3. The Hall–Kier alpha value is -3.26. The largest absolute Gasteiger partial charge is 0.462 e. The second-order valence-electron chi connectivity index (χ2n) is 5.19. The standard InChI is InChI=1S/C17H13N5O2S/c23-16(13-11-25-17(19-13)14-5-3-9-24-14)20-15-6-8-22(21-15)10-12-4-1-2-7-18-12/h1-9,11H,10H2,(H,20,21,23). The molecular weight excluding hydrogens is 338 g/mol. The zero-order valence-corrected chi connectivity index (χ0v) is 13.8. The number of aromatic nitrogens is 4. The van der Waals surface area contributed by atoms with Crippen molar-refractivity contribution < 1.29 is 9.21 Å². The molecule has 0 aliphatic rings. The van der Waals surface area contributed by atoms with E-state index < -0.39 is 0 Å². The van der Waals surface area contributed by atoms with Crippen LogP contribution in [0.15, 0.2) is 64.9 Å². The van der Waals surface area contributed by atoms with E-state index in [2.05, 4.69) is 20.4 Å². The summed E-state index contributed by atoms with van der Waals surface area (Å²) in [5.41, 5.74) is 1.22. The molecule has 0 saturated heterocycles. The lowest BCUT2D eigenvalue weighted by Gasteiger charge is -2.01. The van der Waals surface area contributed by atoms with Crippen LogP contribution in [-0.2, 0) is 6.54 Å². The highest BCUT2D eigenvalue weighted by atomic mass is 32.1. The van der Waals surface area contributed by atoms with E-state index in [0.717, 1.165) is 5.69 Å². The lowest BCUT2D eigenvalue weighted by molar-refractivity contribution is 0.102. The number of anilines is 1. The zero-order valence-electron chi connectivity index (χ0n) is 13.0. The average molecular weight is 351 g/mol. The average Bonchev–Trinajstić information content (AvgIpc) is 3.37. The molecule has 0 aliphatic carbocycles. The number of rotatable bonds is 5. The van der Waals surface area contributed by atoms with Crippen molar-refractivity contribution in [2.75, 3.05) is 5.32 Å². The summed E-state index contributed by atoms with van der Waals surface area (Å²) in [6.45, 7) is 0.538. The Labute approximate surface area is 147 Å². The normalized spacial score (nSPS) is 10.7. The minimum atomic E-state index is -0.308. The minimum absolute atomic E-state index is 0.308. The summed E-state index contributed by atoms with van der Waals surface area (Å²) in [7, 11) is 0. The molecule has 0 saturated carbocycles. The molecule has 124 valence electrons. The van der Waals surface area contributed by atoms with Crippen LogP contribution < -0.4 is 5.32 Å². The number of carbonyl (C=O) groups excluding carboxylic acids is 1. The molecule has 7 nitrogen and oxygen atoms in total. The van der Waals surface area contributed by atoms with Crippen LogP contribution in [0, 0.1) is 0 Å². The first-order valence-electron chi connectivity index (χ1n) is 7.52. The monoisotopic (exact) mass is 351 g/mol. The number of hydrogen-bond acceptors (Lipinski definition) is 6. The van der Waals surface area contributed by atoms with E-state index in [-0.39, 0.29) is 5.91 Å². The molecule has 4 aromatic rings.